The molecule has 2 aromatic rings. The Morgan fingerprint density at radius 3 is 2.58 bits per heavy atom. The van der Waals surface area contributed by atoms with E-state index in [0.717, 1.165) is 30.2 Å². The lowest BCUT2D eigenvalue weighted by molar-refractivity contribution is 0.461. The van der Waals surface area contributed by atoms with Crippen molar-refractivity contribution in [3.8, 4) is 0 Å². The molecule has 0 radical (unpaired) electrons. The van der Waals surface area contributed by atoms with Gasteiger partial charge in [-0.3, -0.25) is 0 Å². The van der Waals surface area contributed by atoms with Crippen LogP contribution in [0.4, 0.5) is 5.69 Å². The average Bonchev–Trinajstić information content (AvgIpc) is 2.76. The number of rotatable bonds is 5. The molecule has 2 N–H and O–H groups in total. The van der Waals surface area contributed by atoms with Gasteiger partial charge in [-0.2, -0.15) is 0 Å². The van der Waals surface area contributed by atoms with E-state index in [-0.39, 0.29) is 0 Å². The number of benzene rings is 1. The van der Waals surface area contributed by atoms with Crippen molar-refractivity contribution < 1.29 is 4.42 Å². The van der Waals surface area contributed by atoms with Crippen molar-refractivity contribution in [1.82, 2.24) is 0 Å². The first-order valence-electron chi connectivity index (χ1n) is 6.74. The first-order valence-corrected chi connectivity index (χ1v) is 6.74. The Labute approximate surface area is 115 Å². The van der Waals surface area contributed by atoms with Crippen molar-refractivity contribution in [3.63, 3.8) is 0 Å². The molecule has 1 aromatic carbocycles. The van der Waals surface area contributed by atoms with Gasteiger partial charge >= 0.3 is 0 Å². The van der Waals surface area contributed by atoms with Crippen LogP contribution in [0, 0.1) is 13.8 Å². The molecule has 0 aliphatic carbocycles. The zero-order chi connectivity index (χ0) is 13.8. The monoisotopic (exact) mass is 258 g/mol. The molecular weight excluding hydrogens is 236 g/mol. The van der Waals surface area contributed by atoms with Gasteiger partial charge in [0.1, 0.15) is 11.5 Å². The Morgan fingerprint density at radius 2 is 2.00 bits per heavy atom. The number of nitrogens with zero attached hydrogens (tertiary/aromatic N) is 1. The maximum absolute atomic E-state index is 5.78. The van der Waals surface area contributed by atoms with Gasteiger partial charge in [0.15, 0.2) is 0 Å². The number of nitrogens with two attached hydrogens (primary N) is 1. The number of anilines is 1. The number of furan rings is 1. The van der Waals surface area contributed by atoms with Crippen molar-refractivity contribution in [2.45, 2.75) is 33.9 Å². The predicted octanol–water partition coefficient (Wildman–Crippen LogP) is 3.38. The fourth-order valence-electron chi connectivity index (χ4n) is 2.27. The lowest BCUT2D eigenvalue weighted by atomic mass is 10.2. The molecule has 0 unspecified atom stereocenters. The number of hydrogen-bond donors (Lipinski definition) is 1. The van der Waals surface area contributed by atoms with Crippen molar-refractivity contribution in [1.29, 1.82) is 0 Å². The van der Waals surface area contributed by atoms with Gasteiger partial charge in [0.2, 0.25) is 0 Å². The molecule has 0 amide bonds. The van der Waals surface area contributed by atoms with E-state index in [2.05, 4.69) is 49.1 Å². The molecule has 0 atom stereocenters. The first kappa shape index (κ1) is 13.7. The molecule has 1 aromatic heterocycles. The smallest absolute Gasteiger partial charge is 0.123 e. The molecule has 19 heavy (non-hydrogen) atoms. The Morgan fingerprint density at radius 1 is 1.21 bits per heavy atom. The number of aryl methyl sites for hydroxylation is 2. The lowest BCUT2D eigenvalue weighted by Crippen LogP contribution is -2.21. The van der Waals surface area contributed by atoms with Gasteiger partial charge in [-0.25, -0.2) is 0 Å². The third kappa shape index (κ3) is 3.18. The summed E-state index contributed by atoms with van der Waals surface area (Å²) in [4.78, 5) is 2.30. The second-order valence-electron chi connectivity index (χ2n) is 4.88. The molecule has 0 aliphatic rings. The van der Waals surface area contributed by atoms with Gasteiger partial charge in [-0.15, -0.1) is 0 Å². The van der Waals surface area contributed by atoms with Crippen LogP contribution < -0.4 is 10.6 Å². The SMILES string of the molecule is CCN(Cc1cc(C)c(CN)o1)c1cccc(C)c1. The Balaban J connectivity index is 2.18. The topological polar surface area (TPSA) is 42.4 Å². The van der Waals surface area contributed by atoms with Crippen molar-refractivity contribution in [3.05, 3.63) is 53.0 Å². The van der Waals surface area contributed by atoms with Crippen LogP contribution in [0.25, 0.3) is 0 Å². The van der Waals surface area contributed by atoms with Crippen LogP contribution >= 0.6 is 0 Å². The third-order valence-corrected chi connectivity index (χ3v) is 3.35. The molecule has 3 nitrogen and oxygen atoms in total. The van der Waals surface area contributed by atoms with Crippen molar-refractivity contribution >= 4 is 5.69 Å². The largest absolute Gasteiger partial charge is 0.463 e. The molecule has 102 valence electrons. The highest BCUT2D eigenvalue weighted by Crippen LogP contribution is 2.21. The van der Waals surface area contributed by atoms with E-state index in [1.807, 2.05) is 6.92 Å². The van der Waals surface area contributed by atoms with E-state index < -0.39 is 0 Å². The van der Waals surface area contributed by atoms with Crippen LogP contribution in [-0.2, 0) is 13.1 Å². The van der Waals surface area contributed by atoms with E-state index in [9.17, 15) is 0 Å². The minimum atomic E-state index is 0.461. The summed E-state index contributed by atoms with van der Waals surface area (Å²) in [5.41, 5.74) is 9.29. The Hall–Kier alpha value is -1.74. The summed E-state index contributed by atoms with van der Waals surface area (Å²) in [5.74, 6) is 1.86. The van der Waals surface area contributed by atoms with Gasteiger partial charge in [0.25, 0.3) is 0 Å². The van der Waals surface area contributed by atoms with E-state index in [1.165, 1.54) is 11.3 Å². The minimum Gasteiger partial charge on any atom is -0.463 e. The standard InChI is InChI=1S/C16H22N2O/c1-4-18(14-7-5-6-12(2)8-14)11-15-9-13(3)16(10-17)19-15/h5-9H,4,10-11,17H2,1-3H3. The van der Waals surface area contributed by atoms with Gasteiger partial charge in [0.05, 0.1) is 13.1 Å². The van der Waals surface area contributed by atoms with E-state index in [0.29, 0.717) is 6.54 Å². The Kier molecular flexibility index (Phi) is 4.27. The van der Waals surface area contributed by atoms with Gasteiger partial charge < -0.3 is 15.1 Å². The molecule has 0 spiro atoms. The van der Waals surface area contributed by atoms with E-state index in [1.54, 1.807) is 0 Å². The van der Waals surface area contributed by atoms with Gasteiger partial charge in [0, 0.05) is 12.2 Å². The van der Waals surface area contributed by atoms with Crippen molar-refractivity contribution in [2.75, 3.05) is 11.4 Å². The maximum Gasteiger partial charge on any atom is 0.123 e. The summed E-state index contributed by atoms with van der Waals surface area (Å²) < 4.78 is 5.78. The van der Waals surface area contributed by atoms with Crippen LogP contribution in [0.3, 0.4) is 0 Å². The van der Waals surface area contributed by atoms with Gasteiger partial charge in [-0.05, 0) is 50.1 Å². The summed E-state index contributed by atoms with van der Waals surface area (Å²) in [6.07, 6.45) is 0. The summed E-state index contributed by atoms with van der Waals surface area (Å²) in [6, 6.07) is 10.6. The fourth-order valence-corrected chi connectivity index (χ4v) is 2.27. The summed E-state index contributed by atoms with van der Waals surface area (Å²) in [6.45, 7) is 8.49. The normalized spacial score (nSPS) is 10.7. The van der Waals surface area contributed by atoms with Gasteiger partial charge in [-0.1, -0.05) is 12.1 Å². The molecule has 0 saturated carbocycles. The molecule has 1 heterocycles. The molecule has 2 rings (SSSR count). The highest BCUT2D eigenvalue weighted by molar-refractivity contribution is 5.48. The van der Waals surface area contributed by atoms with Crippen LogP contribution in [0.5, 0.6) is 0 Å². The number of hydrogen-bond acceptors (Lipinski definition) is 3. The molecule has 0 saturated heterocycles. The quantitative estimate of drug-likeness (QED) is 0.894. The summed E-state index contributed by atoms with van der Waals surface area (Å²) >= 11 is 0. The average molecular weight is 258 g/mol. The molecule has 3 heteroatoms. The van der Waals surface area contributed by atoms with E-state index in [4.69, 9.17) is 10.2 Å². The summed E-state index contributed by atoms with van der Waals surface area (Å²) in [7, 11) is 0. The summed E-state index contributed by atoms with van der Waals surface area (Å²) in [5, 5.41) is 0. The third-order valence-electron chi connectivity index (χ3n) is 3.35. The van der Waals surface area contributed by atoms with E-state index >= 15 is 0 Å². The first-order chi connectivity index (χ1) is 9.13. The second-order valence-corrected chi connectivity index (χ2v) is 4.88. The van der Waals surface area contributed by atoms with Crippen LogP contribution in [0.2, 0.25) is 0 Å². The predicted molar refractivity (Wildman–Crippen MR) is 79.2 cm³/mol. The highest BCUT2D eigenvalue weighted by atomic mass is 16.3. The highest BCUT2D eigenvalue weighted by Gasteiger charge is 2.11. The Bertz CT molecular complexity index is 545. The van der Waals surface area contributed by atoms with Crippen molar-refractivity contribution in [2.24, 2.45) is 5.73 Å². The second kappa shape index (κ2) is 5.93. The van der Waals surface area contributed by atoms with Crippen LogP contribution in [0.1, 0.15) is 29.6 Å². The van der Waals surface area contributed by atoms with Crippen LogP contribution in [0.15, 0.2) is 34.7 Å². The molecule has 0 bridgehead atoms. The zero-order valence-electron chi connectivity index (χ0n) is 11.9. The fraction of sp³-hybridized carbons (Fsp3) is 0.375. The maximum atomic E-state index is 5.78. The zero-order valence-corrected chi connectivity index (χ0v) is 11.9. The van der Waals surface area contributed by atoms with Crippen LogP contribution in [-0.4, -0.2) is 6.54 Å². The minimum absolute atomic E-state index is 0.461. The lowest BCUT2D eigenvalue weighted by Gasteiger charge is -2.22. The molecule has 0 aliphatic heterocycles. The molecule has 0 fully saturated rings. The molecular formula is C16H22N2O.